The summed E-state index contributed by atoms with van der Waals surface area (Å²) in [6.45, 7) is 6.88. The molecule has 5 nitrogen and oxygen atoms in total. The molecule has 0 spiro atoms. The molecule has 0 aromatic carbocycles. The van der Waals surface area contributed by atoms with Crippen LogP contribution in [0.5, 0.6) is 0 Å². The largest absolute Gasteiger partial charge is 0.346 e. The normalized spacial score (nSPS) is 20.4. The number of hydrogen-bond donors (Lipinski definition) is 2. The van der Waals surface area contributed by atoms with E-state index >= 15 is 0 Å². The number of aromatic nitrogens is 2. The lowest BCUT2D eigenvalue weighted by Crippen LogP contribution is -2.42. The number of carbonyl (C=O) groups excluding carboxylic acids is 1. The van der Waals surface area contributed by atoms with Crippen LogP contribution in [0.1, 0.15) is 68.6 Å². The van der Waals surface area contributed by atoms with Crippen LogP contribution >= 0.6 is 0 Å². The van der Waals surface area contributed by atoms with Gasteiger partial charge in [0, 0.05) is 24.2 Å². The van der Waals surface area contributed by atoms with Gasteiger partial charge in [-0.2, -0.15) is 5.10 Å². The van der Waals surface area contributed by atoms with E-state index in [9.17, 15) is 4.79 Å². The minimum absolute atomic E-state index is 0.0813. The molecule has 1 aromatic heterocycles. The zero-order valence-electron chi connectivity index (χ0n) is 13.2. The first-order chi connectivity index (χ1) is 9.90. The standard InChI is InChI=1S/C16H26N4O/c1-16(2,3)20-14(11-6-7-11)8-12(19-20)15(21)18-13(9-17)10-4-5-10/h8,10-11,13H,4-7,9,17H2,1-3H3,(H,18,21). The number of nitrogens with two attached hydrogens (primary N) is 1. The van der Waals surface area contributed by atoms with Gasteiger partial charge in [0.15, 0.2) is 0 Å². The third-order valence-corrected chi connectivity index (χ3v) is 4.36. The van der Waals surface area contributed by atoms with Gasteiger partial charge in [-0.3, -0.25) is 9.48 Å². The third kappa shape index (κ3) is 3.12. The van der Waals surface area contributed by atoms with Crippen molar-refractivity contribution in [2.75, 3.05) is 6.54 Å². The van der Waals surface area contributed by atoms with E-state index in [1.165, 1.54) is 31.4 Å². The SMILES string of the molecule is CC(C)(C)n1nc(C(=O)NC(CN)C2CC2)cc1C1CC1. The molecule has 1 heterocycles. The topological polar surface area (TPSA) is 72.9 Å². The van der Waals surface area contributed by atoms with Crippen LogP contribution in [-0.4, -0.2) is 28.3 Å². The highest BCUT2D eigenvalue weighted by Crippen LogP contribution is 2.41. The summed E-state index contributed by atoms with van der Waals surface area (Å²) < 4.78 is 2.02. The molecular formula is C16H26N4O. The van der Waals surface area contributed by atoms with Crippen molar-refractivity contribution < 1.29 is 4.79 Å². The molecule has 1 atom stereocenters. The Morgan fingerprint density at radius 2 is 2.10 bits per heavy atom. The van der Waals surface area contributed by atoms with Crippen LogP contribution in [0.2, 0.25) is 0 Å². The molecule has 2 aliphatic carbocycles. The highest BCUT2D eigenvalue weighted by molar-refractivity contribution is 5.92. The van der Waals surface area contributed by atoms with Crippen molar-refractivity contribution in [1.29, 1.82) is 0 Å². The molecule has 5 heteroatoms. The highest BCUT2D eigenvalue weighted by Gasteiger charge is 2.34. The molecule has 0 bridgehead atoms. The molecule has 3 N–H and O–H groups in total. The van der Waals surface area contributed by atoms with E-state index in [0.29, 0.717) is 24.1 Å². The Morgan fingerprint density at radius 1 is 1.43 bits per heavy atom. The van der Waals surface area contributed by atoms with Crippen molar-refractivity contribution in [2.24, 2.45) is 11.7 Å². The second-order valence-corrected chi connectivity index (χ2v) is 7.46. The van der Waals surface area contributed by atoms with Crippen molar-refractivity contribution >= 4 is 5.91 Å². The van der Waals surface area contributed by atoms with E-state index < -0.39 is 0 Å². The quantitative estimate of drug-likeness (QED) is 0.871. The Balaban J connectivity index is 1.79. The lowest BCUT2D eigenvalue weighted by Gasteiger charge is -2.22. The van der Waals surface area contributed by atoms with E-state index in [0.717, 1.165) is 0 Å². The lowest BCUT2D eigenvalue weighted by atomic mass is 10.1. The zero-order valence-corrected chi connectivity index (χ0v) is 13.2. The number of carbonyl (C=O) groups is 1. The molecule has 2 fully saturated rings. The zero-order chi connectivity index (χ0) is 15.2. The van der Waals surface area contributed by atoms with Crippen LogP contribution < -0.4 is 11.1 Å². The van der Waals surface area contributed by atoms with Gasteiger partial charge >= 0.3 is 0 Å². The van der Waals surface area contributed by atoms with Crippen LogP contribution in [0.4, 0.5) is 0 Å². The monoisotopic (exact) mass is 290 g/mol. The summed E-state index contributed by atoms with van der Waals surface area (Å²) in [4.78, 5) is 12.4. The van der Waals surface area contributed by atoms with Gasteiger partial charge < -0.3 is 11.1 Å². The fourth-order valence-electron chi connectivity index (χ4n) is 2.82. The molecule has 0 saturated heterocycles. The van der Waals surface area contributed by atoms with E-state index in [1.54, 1.807) is 0 Å². The second kappa shape index (κ2) is 5.13. The van der Waals surface area contributed by atoms with Gasteiger partial charge in [0.1, 0.15) is 5.69 Å². The van der Waals surface area contributed by atoms with Crippen LogP contribution in [0, 0.1) is 5.92 Å². The maximum atomic E-state index is 12.4. The second-order valence-electron chi connectivity index (χ2n) is 7.46. The number of hydrogen-bond acceptors (Lipinski definition) is 3. The molecule has 0 aliphatic heterocycles. The lowest BCUT2D eigenvalue weighted by molar-refractivity contribution is 0.0927. The van der Waals surface area contributed by atoms with E-state index in [4.69, 9.17) is 5.73 Å². The molecule has 21 heavy (non-hydrogen) atoms. The van der Waals surface area contributed by atoms with Gasteiger partial charge in [-0.05, 0) is 58.4 Å². The van der Waals surface area contributed by atoms with Crippen LogP contribution in [0.25, 0.3) is 0 Å². The number of rotatable bonds is 5. The van der Waals surface area contributed by atoms with Crippen molar-refractivity contribution in [3.63, 3.8) is 0 Å². The fraction of sp³-hybridized carbons (Fsp3) is 0.750. The minimum atomic E-state index is -0.0970. The molecule has 116 valence electrons. The van der Waals surface area contributed by atoms with Crippen molar-refractivity contribution in [2.45, 2.75) is 64.0 Å². The van der Waals surface area contributed by atoms with Crippen molar-refractivity contribution in [3.05, 3.63) is 17.5 Å². The molecule has 0 radical (unpaired) electrons. The Morgan fingerprint density at radius 3 is 2.57 bits per heavy atom. The Bertz CT molecular complexity index is 535. The maximum absolute atomic E-state index is 12.4. The first-order valence-electron chi connectivity index (χ1n) is 8.01. The summed E-state index contributed by atoms with van der Waals surface area (Å²) in [6, 6.07) is 2.07. The molecular weight excluding hydrogens is 264 g/mol. The Hall–Kier alpha value is -1.36. The number of nitrogens with zero attached hydrogens (tertiary/aromatic N) is 2. The van der Waals surface area contributed by atoms with Crippen LogP contribution in [0.15, 0.2) is 6.07 Å². The summed E-state index contributed by atoms with van der Waals surface area (Å²) in [5.41, 5.74) is 7.40. The summed E-state index contributed by atoms with van der Waals surface area (Å²) in [5, 5.41) is 7.63. The molecule has 3 rings (SSSR count). The average molecular weight is 290 g/mol. The van der Waals surface area contributed by atoms with Gasteiger partial charge in [-0.15, -0.1) is 0 Å². The van der Waals surface area contributed by atoms with E-state index in [-0.39, 0.29) is 17.5 Å². The van der Waals surface area contributed by atoms with E-state index in [2.05, 4.69) is 31.2 Å². The van der Waals surface area contributed by atoms with Crippen LogP contribution in [-0.2, 0) is 5.54 Å². The Labute approximate surface area is 126 Å². The van der Waals surface area contributed by atoms with Gasteiger partial charge in [-0.25, -0.2) is 0 Å². The summed E-state index contributed by atoms with van der Waals surface area (Å²) in [6.07, 6.45) is 4.75. The molecule has 1 amide bonds. The first-order valence-corrected chi connectivity index (χ1v) is 8.01. The van der Waals surface area contributed by atoms with Gasteiger partial charge in [-0.1, -0.05) is 0 Å². The third-order valence-electron chi connectivity index (χ3n) is 4.36. The van der Waals surface area contributed by atoms with Crippen molar-refractivity contribution in [3.8, 4) is 0 Å². The number of nitrogens with one attached hydrogen (secondary N) is 1. The molecule has 1 unspecified atom stereocenters. The van der Waals surface area contributed by atoms with Gasteiger partial charge in [0.2, 0.25) is 0 Å². The van der Waals surface area contributed by atoms with Gasteiger partial charge in [0.05, 0.1) is 5.54 Å². The number of amides is 1. The minimum Gasteiger partial charge on any atom is -0.346 e. The maximum Gasteiger partial charge on any atom is 0.272 e. The average Bonchev–Trinajstić information content (AvgIpc) is 3.32. The van der Waals surface area contributed by atoms with Crippen LogP contribution in [0.3, 0.4) is 0 Å². The van der Waals surface area contributed by atoms with Gasteiger partial charge in [0.25, 0.3) is 5.91 Å². The first kappa shape index (κ1) is 14.6. The summed E-state index contributed by atoms with van der Waals surface area (Å²) in [7, 11) is 0. The highest BCUT2D eigenvalue weighted by atomic mass is 16.2. The summed E-state index contributed by atoms with van der Waals surface area (Å²) in [5.74, 6) is 1.06. The van der Waals surface area contributed by atoms with E-state index in [1.807, 2.05) is 10.7 Å². The predicted octanol–water partition coefficient (Wildman–Crippen LogP) is 1.98. The molecule has 1 aromatic rings. The summed E-state index contributed by atoms with van der Waals surface area (Å²) >= 11 is 0. The fourth-order valence-corrected chi connectivity index (χ4v) is 2.82. The van der Waals surface area contributed by atoms with Crippen molar-refractivity contribution in [1.82, 2.24) is 15.1 Å². The smallest absolute Gasteiger partial charge is 0.272 e. The molecule has 2 aliphatic rings. The molecule has 2 saturated carbocycles. The predicted molar refractivity (Wildman–Crippen MR) is 82.2 cm³/mol. The Kier molecular flexibility index (Phi) is 3.56.